The molecule has 0 saturated carbocycles. The van der Waals surface area contributed by atoms with Crippen LogP contribution in [0.3, 0.4) is 0 Å². The smallest absolute Gasteiger partial charge is 0.247 e. The summed E-state index contributed by atoms with van der Waals surface area (Å²) in [7, 11) is 7.82. The van der Waals surface area contributed by atoms with Crippen molar-refractivity contribution in [2.45, 2.75) is 39.7 Å². The number of hydrogen-bond acceptors (Lipinski definition) is 8. The zero-order valence-electron chi connectivity index (χ0n) is 24.9. The highest BCUT2D eigenvalue weighted by Crippen LogP contribution is 2.39. The van der Waals surface area contributed by atoms with E-state index in [0.29, 0.717) is 29.1 Å². The fourth-order valence-electron chi connectivity index (χ4n) is 5.65. The Kier molecular flexibility index (Phi) is 7.72. The van der Waals surface area contributed by atoms with E-state index in [1.54, 1.807) is 7.11 Å². The second-order valence-electron chi connectivity index (χ2n) is 10.8. The van der Waals surface area contributed by atoms with Crippen LogP contribution in [0.5, 0.6) is 5.75 Å². The molecule has 2 N–H and O–H groups in total. The number of carbonyl (C=O) groups excluding carboxylic acids is 1. The molecule has 5 rings (SSSR count). The molecule has 1 aliphatic rings. The number of amides is 1. The molecule has 216 valence electrons. The quantitative estimate of drug-likeness (QED) is 0.306. The molecule has 1 saturated heterocycles. The topological polar surface area (TPSA) is 105 Å². The van der Waals surface area contributed by atoms with Gasteiger partial charge in [-0.25, -0.2) is 9.50 Å². The molecule has 0 unspecified atom stereocenters. The number of methoxy groups -OCH3 is 1. The molecule has 41 heavy (non-hydrogen) atoms. The van der Waals surface area contributed by atoms with Crippen LogP contribution in [0, 0.1) is 20.8 Å². The van der Waals surface area contributed by atoms with E-state index in [2.05, 4.69) is 64.2 Å². The predicted octanol–water partition coefficient (Wildman–Crippen LogP) is 4.46. The van der Waals surface area contributed by atoms with Crippen LogP contribution in [0.1, 0.15) is 29.8 Å². The number of hydrogen-bond donors (Lipinski definition) is 2. The van der Waals surface area contributed by atoms with Crippen molar-refractivity contribution < 1.29 is 9.53 Å². The molecule has 0 bridgehead atoms. The fraction of sp³-hybridized carbons (Fsp3) is 0.400. The second-order valence-corrected chi connectivity index (χ2v) is 10.8. The summed E-state index contributed by atoms with van der Waals surface area (Å²) < 4.78 is 9.59. The lowest BCUT2D eigenvalue weighted by molar-refractivity contribution is -0.111. The maximum Gasteiger partial charge on any atom is 0.247 e. The van der Waals surface area contributed by atoms with Crippen molar-refractivity contribution in [1.82, 2.24) is 29.3 Å². The first kappa shape index (κ1) is 28.2. The Bertz CT molecular complexity index is 1610. The summed E-state index contributed by atoms with van der Waals surface area (Å²) in [5.41, 5.74) is 8.19. The van der Waals surface area contributed by atoms with Gasteiger partial charge in [-0.05, 0) is 71.5 Å². The molecule has 0 aliphatic carbocycles. The number of piperidine rings is 1. The number of rotatable bonds is 8. The van der Waals surface area contributed by atoms with E-state index in [0.717, 1.165) is 65.3 Å². The van der Waals surface area contributed by atoms with Crippen molar-refractivity contribution in [3.05, 3.63) is 54.0 Å². The monoisotopic (exact) mass is 557 g/mol. The van der Waals surface area contributed by atoms with Crippen molar-refractivity contribution in [3.8, 4) is 17.0 Å². The van der Waals surface area contributed by atoms with Gasteiger partial charge in [0.15, 0.2) is 0 Å². The molecule has 11 heteroatoms. The minimum absolute atomic E-state index is 0.280. The summed E-state index contributed by atoms with van der Waals surface area (Å²) in [6.45, 7) is 11.5. The first-order chi connectivity index (χ1) is 19.6. The number of aryl methyl sites for hydroxylation is 3. The van der Waals surface area contributed by atoms with Crippen LogP contribution in [-0.2, 0) is 11.8 Å². The van der Waals surface area contributed by atoms with Gasteiger partial charge < -0.3 is 25.2 Å². The molecule has 4 heterocycles. The molecule has 1 amide bonds. The van der Waals surface area contributed by atoms with Gasteiger partial charge >= 0.3 is 0 Å². The van der Waals surface area contributed by atoms with Crippen molar-refractivity contribution in [2.75, 3.05) is 49.8 Å². The number of nitrogens with zero attached hydrogens (tertiary/aromatic N) is 7. The lowest BCUT2D eigenvalue weighted by Crippen LogP contribution is -2.42. The van der Waals surface area contributed by atoms with Crippen molar-refractivity contribution in [2.24, 2.45) is 7.05 Å². The number of ether oxygens (including phenoxy) is 1. The Morgan fingerprint density at radius 2 is 1.85 bits per heavy atom. The third-order valence-corrected chi connectivity index (χ3v) is 8.03. The predicted molar refractivity (Wildman–Crippen MR) is 163 cm³/mol. The highest BCUT2D eigenvalue weighted by molar-refractivity contribution is 6.02. The molecule has 1 aliphatic heterocycles. The molecule has 1 fully saturated rings. The Hall–Kier alpha value is -4.38. The van der Waals surface area contributed by atoms with Gasteiger partial charge in [-0.2, -0.15) is 5.10 Å². The van der Waals surface area contributed by atoms with E-state index in [1.165, 1.54) is 6.08 Å². The number of aromatic nitrogens is 5. The Labute approximate surface area is 240 Å². The van der Waals surface area contributed by atoms with E-state index in [-0.39, 0.29) is 5.91 Å². The lowest BCUT2D eigenvalue weighted by Gasteiger charge is -2.37. The summed E-state index contributed by atoms with van der Waals surface area (Å²) >= 11 is 0. The Balaban J connectivity index is 1.53. The lowest BCUT2D eigenvalue weighted by atomic mass is 10.0. The normalized spacial score (nSPS) is 14.1. The molecule has 11 nitrogen and oxygen atoms in total. The van der Waals surface area contributed by atoms with E-state index >= 15 is 0 Å². The van der Waals surface area contributed by atoms with Crippen molar-refractivity contribution in [3.63, 3.8) is 0 Å². The van der Waals surface area contributed by atoms with Crippen molar-refractivity contribution in [1.29, 1.82) is 0 Å². The van der Waals surface area contributed by atoms with E-state index < -0.39 is 0 Å². The number of benzene rings is 1. The SMILES string of the molecule is C=CC(=O)Nc1cc(Nc2ncc3c(C)cc(-c4c(C)nn(C)c4C)n3n2)c(OC)cc1N1CCC(N(C)C)CC1. The van der Waals surface area contributed by atoms with Crippen LogP contribution in [0.25, 0.3) is 16.8 Å². The average Bonchev–Trinajstić information content (AvgIpc) is 3.41. The summed E-state index contributed by atoms with van der Waals surface area (Å²) in [4.78, 5) is 21.6. The molecule has 0 radical (unpaired) electrons. The zero-order valence-corrected chi connectivity index (χ0v) is 24.9. The Morgan fingerprint density at radius 3 is 2.46 bits per heavy atom. The second kappa shape index (κ2) is 11.2. The van der Waals surface area contributed by atoms with Crippen molar-refractivity contribution >= 4 is 34.4 Å². The minimum Gasteiger partial charge on any atom is -0.494 e. The summed E-state index contributed by atoms with van der Waals surface area (Å²) in [5.74, 6) is 0.739. The molecular formula is C30H39N9O2. The third-order valence-electron chi connectivity index (χ3n) is 8.03. The van der Waals surface area contributed by atoms with E-state index in [9.17, 15) is 4.79 Å². The number of fused-ring (bicyclic) bond motifs is 1. The van der Waals surface area contributed by atoms with E-state index in [1.807, 2.05) is 48.4 Å². The molecule has 0 atom stereocenters. The maximum absolute atomic E-state index is 12.4. The maximum atomic E-state index is 12.4. The van der Waals surface area contributed by atoms with Crippen LogP contribution in [0.4, 0.5) is 23.0 Å². The molecular weight excluding hydrogens is 518 g/mol. The zero-order chi connectivity index (χ0) is 29.4. The van der Waals surface area contributed by atoms with Crippen LogP contribution in [0.15, 0.2) is 37.1 Å². The van der Waals surface area contributed by atoms with Gasteiger partial charge in [-0.15, -0.1) is 5.10 Å². The standard InChI is InChI=1S/C30H39N9O2/c1-9-28(40)32-22-15-23(27(41-8)16-24(22)38-12-10-21(11-13-38)36(5)6)33-30-31-17-26-18(2)14-25(39(26)35-30)29-19(3)34-37(7)20(29)4/h9,14-17,21H,1,10-13H2,2-8H3,(H,32,40)(H,33,35). The first-order valence-corrected chi connectivity index (χ1v) is 13.8. The summed E-state index contributed by atoms with van der Waals surface area (Å²) in [6, 6.07) is 6.48. The molecule has 0 spiro atoms. The first-order valence-electron chi connectivity index (χ1n) is 13.8. The minimum atomic E-state index is -0.280. The largest absolute Gasteiger partial charge is 0.494 e. The highest BCUT2D eigenvalue weighted by Gasteiger charge is 2.25. The third kappa shape index (κ3) is 5.37. The molecule has 4 aromatic rings. The van der Waals surface area contributed by atoms with Crippen LogP contribution in [0.2, 0.25) is 0 Å². The average molecular weight is 558 g/mol. The number of carbonyl (C=O) groups is 1. The number of nitrogens with one attached hydrogen (secondary N) is 2. The van der Waals surface area contributed by atoms with Crippen LogP contribution >= 0.6 is 0 Å². The highest BCUT2D eigenvalue weighted by atomic mass is 16.5. The van der Waals surface area contributed by atoms with Gasteiger partial charge in [-0.1, -0.05) is 6.58 Å². The summed E-state index contributed by atoms with van der Waals surface area (Å²) in [5, 5.41) is 15.8. The number of anilines is 4. The van der Waals surface area contributed by atoms with Gasteiger partial charge in [-0.3, -0.25) is 9.48 Å². The molecule has 3 aromatic heterocycles. The summed E-state index contributed by atoms with van der Waals surface area (Å²) in [6.07, 6.45) is 5.15. The van der Waals surface area contributed by atoms with Gasteiger partial charge in [0.05, 0.1) is 47.3 Å². The van der Waals surface area contributed by atoms with Gasteiger partial charge in [0, 0.05) is 43.5 Å². The van der Waals surface area contributed by atoms with E-state index in [4.69, 9.17) is 9.84 Å². The van der Waals surface area contributed by atoms with Crippen LogP contribution < -0.4 is 20.3 Å². The Morgan fingerprint density at radius 1 is 1.12 bits per heavy atom. The van der Waals surface area contributed by atoms with Gasteiger partial charge in [0.25, 0.3) is 0 Å². The van der Waals surface area contributed by atoms with Gasteiger partial charge in [0.2, 0.25) is 11.9 Å². The van der Waals surface area contributed by atoms with Crippen LogP contribution in [-0.4, -0.2) is 75.5 Å². The fourth-order valence-corrected chi connectivity index (χ4v) is 5.65. The van der Waals surface area contributed by atoms with Gasteiger partial charge in [0.1, 0.15) is 5.75 Å². The molecule has 1 aromatic carbocycles.